The summed E-state index contributed by atoms with van der Waals surface area (Å²) in [5.41, 5.74) is 3.13. The molecule has 8 heteroatoms. The monoisotopic (exact) mass is 438 g/mol. The molecule has 0 saturated carbocycles. The van der Waals surface area contributed by atoms with Gasteiger partial charge in [-0.25, -0.2) is 15.0 Å². The summed E-state index contributed by atoms with van der Waals surface area (Å²) in [5, 5.41) is 0. The fraction of sp³-hybridized carbons (Fsp3) is 0.240. The number of benzene rings is 2. The highest BCUT2D eigenvalue weighted by Gasteiger charge is 2.32. The maximum Gasteiger partial charge on any atom is 0.225 e. The van der Waals surface area contributed by atoms with E-state index in [9.17, 15) is 9.59 Å². The topological polar surface area (TPSA) is 95.1 Å². The van der Waals surface area contributed by atoms with Crippen LogP contribution in [0.3, 0.4) is 0 Å². The smallest absolute Gasteiger partial charge is 0.225 e. The van der Waals surface area contributed by atoms with Crippen molar-refractivity contribution >= 4 is 28.5 Å². The molecular formula is C25H22N6O2. The Labute approximate surface area is 190 Å². The van der Waals surface area contributed by atoms with Crippen molar-refractivity contribution in [3.63, 3.8) is 0 Å². The number of ketones is 2. The Bertz CT molecular complexity index is 1370. The highest BCUT2D eigenvalue weighted by molar-refractivity contribution is 6.31. The Hall–Kier alpha value is -3.91. The van der Waals surface area contributed by atoms with Crippen molar-refractivity contribution in [2.24, 2.45) is 0 Å². The first kappa shape index (κ1) is 19.8. The fourth-order valence-corrected chi connectivity index (χ4v) is 4.71. The second kappa shape index (κ2) is 7.90. The summed E-state index contributed by atoms with van der Waals surface area (Å²) < 4.78 is 0. The van der Waals surface area contributed by atoms with E-state index in [-0.39, 0.29) is 11.6 Å². The number of fused-ring (bicyclic) bond motifs is 4. The minimum atomic E-state index is -0.136. The third-order valence-corrected chi connectivity index (χ3v) is 6.46. The zero-order valence-corrected chi connectivity index (χ0v) is 18.0. The number of nitrogens with one attached hydrogen (secondary N) is 1. The highest BCUT2D eigenvalue weighted by atomic mass is 16.1. The van der Waals surface area contributed by atoms with Crippen molar-refractivity contribution in [3.8, 4) is 0 Å². The van der Waals surface area contributed by atoms with Gasteiger partial charge in [0.15, 0.2) is 11.6 Å². The first-order chi connectivity index (χ1) is 16.2. The second-order valence-electron chi connectivity index (χ2n) is 8.40. The molecule has 33 heavy (non-hydrogen) atoms. The number of hydrogen-bond donors (Lipinski definition) is 1. The van der Waals surface area contributed by atoms with Gasteiger partial charge in [0.1, 0.15) is 11.3 Å². The second-order valence-corrected chi connectivity index (χ2v) is 8.40. The highest BCUT2D eigenvalue weighted by Crippen LogP contribution is 2.31. The van der Waals surface area contributed by atoms with Crippen LogP contribution in [-0.4, -0.2) is 69.1 Å². The van der Waals surface area contributed by atoms with Gasteiger partial charge in [0.05, 0.1) is 11.1 Å². The van der Waals surface area contributed by atoms with Gasteiger partial charge >= 0.3 is 0 Å². The predicted octanol–water partition coefficient (Wildman–Crippen LogP) is 2.49. The molecule has 1 saturated heterocycles. The summed E-state index contributed by atoms with van der Waals surface area (Å²) in [6.45, 7) is 4.48. The van der Waals surface area contributed by atoms with E-state index >= 15 is 0 Å². The van der Waals surface area contributed by atoms with Gasteiger partial charge in [0.25, 0.3) is 0 Å². The number of rotatable bonds is 4. The summed E-state index contributed by atoms with van der Waals surface area (Å²) in [6, 6.07) is 12.4. The molecule has 6 rings (SSSR count). The minimum Gasteiger partial charge on any atom is -0.342 e. The number of aromatic nitrogens is 4. The lowest BCUT2D eigenvalue weighted by molar-refractivity contribution is 0.0980. The van der Waals surface area contributed by atoms with E-state index in [1.54, 1.807) is 42.7 Å². The van der Waals surface area contributed by atoms with Gasteiger partial charge in [-0.3, -0.25) is 14.5 Å². The standard InChI is InChI=1S/C25H22N6O2/c32-23-16-4-1-2-5-17(16)24(33)21-18(23)6-7-19-22(21)29-20(28-19)8-11-30-12-14-31(15-13-30)25-26-9-3-10-27-25/h1-7,9-10H,8,11-15H2,(H,28,29). The van der Waals surface area contributed by atoms with Crippen LogP contribution in [0, 0.1) is 0 Å². The molecule has 0 unspecified atom stereocenters. The van der Waals surface area contributed by atoms with Crippen molar-refractivity contribution in [2.75, 3.05) is 37.6 Å². The molecule has 3 heterocycles. The van der Waals surface area contributed by atoms with Crippen LogP contribution >= 0.6 is 0 Å². The molecule has 2 aromatic heterocycles. The zero-order valence-electron chi connectivity index (χ0n) is 18.0. The number of H-pyrrole nitrogens is 1. The van der Waals surface area contributed by atoms with E-state index in [1.165, 1.54) is 0 Å². The van der Waals surface area contributed by atoms with E-state index in [2.05, 4.69) is 24.8 Å². The van der Waals surface area contributed by atoms with Gasteiger partial charge in [-0.05, 0) is 18.2 Å². The number of imidazole rings is 1. The van der Waals surface area contributed by atoms with Crippen LogP contribution in [0.15, 0.2) is 54.9 Å². The molecule has 1 aliphatic heterocycles. The largest absolute Gasteiger partial charge is 0.342 e. The SMILES string of the molecule is O=C1c2ccccc2C(=O)c2c1ccc1[nH]c(CCN3CCN(c4ncccn4)CC3)nc21. The van der Waals surface area contributed by atoms with Crippen LogP contribution in [0.4, 0.5) is 5.95 Å². The van der Waals surface area contributed by atoms with E-state index in [0.717, 1.165) is 56.4 Å². The molecule has 2 aliphatic rings. The maximum absolute atomic E-state index is 13.2. The van der Waals surface area contributed by atoms with Crippen molar-refractivity contribution < 1.29 is 9.59 Å². The van der Waals surface area contributed by atoms with Gasteiger partial charge in [-0.2, -0.15) is 0 Å². The molecule has 2 aromatic carbocycles. The van der Waals surface area contributed by atoms with Crippen LogP contribution in [-0.2, 0) is 6.42 Å². The Balaban J connectivity index is 1.19. The summed E-state index contributed by atoms with van der Waals surface area (Å²) in [7, 11) is 0. The number of hydrogen-bond acceptors (Lipinski definition) is 7. The van der Waals surface area contributed by atoms with E-state index in [4.69, 9.17) is 4.98 Å². The van der Waals surface area contributed by atoms with Crippen LogP contribution in [0.1, 0.15) is 37.7 Å². The van der Waals surface area contributed by atoms with Crippen LogP contribution in [0.5, 0.6) is 0 Å². The molecule has 8 nitrogen and oxygen atoms in total. The summed E-state index contributed by atoms with van der Waals surface area (Å²) in [5.74, 6) is 1.35. The fourth-order valence-electron chi connectivity index (χ4n) is 4.71. The van der Waals surface area contributed by atoms with Gasteiger partial charge < -0.3 is 9.88 Å². The maximum atomic E-state index is 13.2. The molecule has 0 atom stereocenters. The molecule has 1 aliphatic carbocycles. The quantitative estimate of drug-likeness (QED) is 0.461. The number of aromatic amines is 1. The Morgan fingerprint density at radius 2 is 1.55 bits per heavy atom. The third-order valence-electron chi connectivity index (χ3n) is 6.46. The Kier molecular flexibility index (Phi) is 4.73. The van der Waals surface area contributed by atoms with Crippen LogP contribution < -0.4 is 4.90 Å². The molecule has 0 bridgehead atoms. The predicted molar refractivity (Wildman–Crippen MR) is 124 cm³/mol. The summed E-state index contributed by atoms with van der Waals surface area (Å²) >= 11 is 0. The molecule has 0 amide bonds. The lowest BCUT2D eigenvalue weighted by Crippen LogP contribution is -2.47. The lowest BCUT2D eigenvalue weighted by Gasteiger charge is -2.34. The average Bonchev–Trinajstić information content (AvgIpc) is 3.30. The van der Waals surface area contributed by atoms with Gasteiger partial charge in [-0.1, -0.05) is 24.3 Å². The van der Waals surface area contributed by atoms with Crippen LogP contribution in [0.25, 0.3) is 11.0 Å². The molecule has 164 valence electrons. The van der Waals surface area contributed by atoms with E-state index in [0.29, 0.717) is 27.8 Å². The normalized spacial score (nSPS) is 16.2. The van der Waals surface area contributed by atoms with Gasteiger partial charge in [-0.15, -0.1) is 0 Å². The first-order valence-corrected chi connectivity index (χ1v) is 11.1. The molecule has 1 fully saturated rings. The lowest BCUT2D eigenvalue weighted by atomic mass is 9.83. The first-order valence-electron chi connectivity index (χ1n) is 11.1. The number of nitrogens with zero attached hydrogens (tertiary/aromatic N) is 5. The molecule has 0 radical (unpaired) electrons. The Morgan fingerprint density at radius 3 is 2.30 bits per heavy atom. The van der Waals surface area contributed by atoms with E-state index < -0.39 is 0 Å². The minimum absolute atomic E-state index is 0.119. The van der Waals surface area contributed by atoms with Crippen molar-refractivity contribution in [1.29, 1.82) is 0 Å². The number of anilines is 1. The average molecular weight is 438 g/mol. The van der Waals surface area contributed by atoms with Crippen molar-refractivity contribution in [1.82, 2.24) is 24.8 Å². The van der Waals surface area contributed by atoms with Crippen molar-refractivity contribution in [3.05, 3.63) is 82.9 Å². The number of piperazine rings is 1. The molecule has 0 spiro atoms. The molecule has 1 N–H and O–H groups in total. The van der Waals surface area contributed by atoms with Gasteiger partial charge in [0, 0.05) is 68.2 Å². The zero-order chi connectivity index (χ0) is 22.4. The third kappa shape index (κ3) is 3.39. The number of carbonyl (C=O) groups excluding carboxylic acids is 2. The van der Waals surface area contributed by atoms with Gasteiger partial charge in [0.2, 0.25) is 5.95 Å². The molecular weight excluding hydrogens is 416 g/mol. The Morgan fingerprint density at radius 1 is 0.818 bits per heavy atom. The summed E-state index contributed by atoms with van der Waals surface area (Å²) in [4.78, 5) is 47.5. The van der Waals surface area contributed by atoms with Crippen LogP contribution in [0.2, 0.25) is 0 Å². The molecule has 4 aromatic rings. The van der Waals surface area contributed by atoms with E-state index in [1.807, 2.05) is 12.1 Å². The number of carbonyl (C=O) groups is 2. The summed E-state index contributed by atoms with van der Waals surface area (Å²) in [6.07, 6.45) is 4.28. The van der Waals surface area contributed by atoms with Crippen molar-refractivity contribution in [2.45, 2.75) is 6.42 Å².